The maximum atomic E-state index is 12.5. The number of nitrogens with one attached hydrogen (secondary N) is 2. The molecule has 0 bridgehead atoms. The summed E-state index contributed by atoms with van der Waals surface area (Å²) >= 11 is 1.52. The third kappa shape index (κ3) is 5.07. The molecule has 0 fully saturated rings. The molecular formula is C16H23N5OS. The number of carbonyl (C=O) groups is 1. The average Bonchev–Trinajstić information content (AvgIpc) is 2.89. The number of rotatable bonds is 7. The van der Waals surface area contributed by atoms with Crippen LogP contribution in [0.25, 0.3) is 0 Å². The predicted molar refractivity (Wildman–Crippen MR) is 92.5 cm³/mol. The molecule has 0 unspecified atom stereocenters. The number of carbonyl (C=O) groups excluding carboxylic acids is 1. The van der Waals surface area contributed by atoms with Gasteiger partial charge in [-0.25, -0.2) is 4.98 Å². The fraction of sp³-hybridized carbons (Fsp3) is 0.438. The number of nitrogens with zero attached hydrogens (tertiary/aromatic N) is 3. The van der Waals surface area contributed by atoms with Crippen molar-refractivity contribution in [2.24, 2.45) is 0 Å². The molecule has 0 aliphatic heterocycles. The number of benzene rings is 1. The molecule has 0 radical (unpaired) electrons. The van der Waals surface area contributed by atoms with Crippen LogP contribution in [0.2, 0.25) is 0 Å². The van der Waals surface area contributed by atoms with Crippen molar-refractivity contribution in [2.75, 3.05) is 26.4 Å². The number of thioether (sulfide) groups is 1. The molecule has 0 spiro atoms. The zero-order chi connectivity index (χ0) is 16.8. The fourth-order valence-electron chi connectivity index (χ4n) is 2.32. The number of aryl methyl sites for hydroxylation is 2. The number of hydrogen-bond acceptors (Lipinski definition) is 5. The molecule has 1 heterocycles. The smallest absolute Gasteiger partial charge is 0.241 e. The van der Waals surface area contributed by atoms with Crippen LogP contribution in [0, 0.1) is 13.8 Å². The van der Waals surface area contributed by atoms with Gasteiger partial charge in [-0.3, -0.25) is 14.8 Å². The summed E-state index contributed by atoms with van der Waals surface area (Å²) in [6.07, 6.45) is 0. The molecule has 1 amide bonds. The Balaban J connectivity index is 1.88. The van der Waals surface area contributed by atoms with Crippen molar-refractivity contribution in [1.29, 1.82) is 0 Å². The van der Waals surface area contributed by atoms with Crippen molar-refractivity contribution in [3.8, 4) is 0 Å². The summed E-state index contributed by atoms with van der Waals surface area (Å²) in [6, 6.07) is 7.77. The minimum absolute atomic E-state index is 0.00682. The first-order valence-electron chi connectivity index (χ1n) is 7.50. The number of H-pyrrole nitrogens is 1. The first-order valence-corrected chi connectivity index (χ1v) is 8.48. The summed E-state index contributed by atoms with van der Waals surface area (Å²) in [5.74, 6) is 1.54. The highest BCUT2D eigenvalue weighted by molar-refractivity contribution is 7.99. The molecule has 6 nitrogen and oxygen atoms in total. The Morgan fingerprint density at radius 2 is 2.17 bits per heavy atom. The normalized spacial score (nSPS) is 12.4. The van der Waals surface area contributed by atoms with Gasteiger partial charge in [0, 0.05) is 12.3 Å². The Kier molecular flexibility index (Phi) is 6.18. The van der Waals surface area contributed by atoms with Gasteiger partial charge in [0.25, 0.3) is 0 Å². The largest absolute Gasteiger partial charge is 0.354 e. The van der Waals surface area contributed by atoms with Crippen LogP contribution in [0.1, 0.15) is 23.0 Å². The minimum atomic E-state index is -0.286. The quantitative estimate of drug-likeness (QED) is 0.598. The van der Waals surface area contributed by atoms with Crippen molar-refractivity contribution >= 4 is 17.7 Å². The highest BCUT2D eigenvalue weighted by Crippen LogP contribution is 2.19. The van der Waals surface area contributed by atoms with Crippen LogP contribution >= 0.6 is 11.8 Å². The number of amides is 1. The molecule has 0 saturated heterocycles. The Bertz CT molecular complexity index is 655. The topological polar surface area (TPSA) is 73.9 Å². The van der Waals surface area contributed by atoms with Gasteiger partial charge in [0.05, 0.1) is 0 Å². The third-order valence-electron chi connectivity index (χ3n) is 3.33. The van der Waals surface area contributed by atoms with Crippen molar-refractivity contribution in [3.05, 3.63) is 41.2 Å². The number of likely N-dealkylation sites (N-methyl/N-ethyl adjacent to an activating group) is 1. The predicted octanol–water partition coefficient (Wildman–Crippen LogP) is 1.93. The zero-order valence-corrected chi connectivity index (χ0v) is 14.8. The number of hydrogen-bond donors (Lipinski definition) is 2. The van der Waals surface area contributed by atoms with Crippen LogP contribution in [0.3, 0.4) is 0 Å². The van der Waals surface area contributed by atoms with Crippen LogP contribution in [0.5, 0.6) is 0 Å². The van der Waals surface area contributed by atoms with E-state index in [0.29, 0.717) is 11.7 Å². The molecule has 2 aromatic rings. The van der Waals surface area contributed by atoms with E-state index in [1.165, 1.54) is 11.8 Å². The maximum absolute atomic E-state index is 12.5. The number of aromatic nitrogens is 3. The lowest BCUT2D eigenvalue weighted by Gasteiger charge is -2.24. The SMILES string of the molecule is Cc1cccc([C@H](C(=O)NCCSc2n[nH]c(C)n2)N(C)C)c1. The van der Waals surface area contributed by atoms with Crippen molar-refractivity contribution in [1.82, 2.24) is 25.4 Å². The average molecular weight is 333 g/mol. The van der Waals surface area contributed by atoms with E-state index in [9.17, 15) is 4.79 Å². The monoisotopic (exact) mass is 333 g/mol. The van der Waals surface area contributed by atoms with Crippen LogP contribution in [0.15, 0.2) is 29.4 Å². The summed E-state index contributed by atoms with van der Waals surface area (Å²) in [6.45, 7) is 4.47. The summed E-state index contributed by atoms with van der Waals surface area (Å²) in [5.41, 5.74) is 2.16. The van der Waals surface area contributed by atoms with Crippen molar-refractivity contribution < 1.29 is 4.79 Å². The highest BCUT2D eigenvalue weighted by Gasteiger charge is 2.22. The van der Waals surface area contributed by atoms with Crippen LogP contribution in [0.4, 0.5) is 0 Å². The first kappa shape index (κ1) is 17.5. The van der Waals surface area contributed by atoms with E-state index in [2.05, 4.69) is 26.6 Å². The van der Waals surface area contributed by atoms with Gasteiger partial charge in [-0.05, 0) is 33.5 Å². The molecule has 1 aromatic heterocycles. The number of aromatic amines is 1. The lowest BCUT2D eigenvalue weighted by Crippen LogP contribution is -2.38. The third-order valence-corrected chi connectivity index (χ3v) is 4.18. The molecule has 2 N–H and O–H groups in total. The Hall–Kier alpha value is -1.86. The van der Waals surface area contributed by atoms with E-state index in [0.717, 1.165) is 22.7 Å². The molecule has 1 atom stereocenters. The summed E-state index contributed by atoms with van der Waals surface area (Å²) in [4.78, 5) is 18.7. The molecular weight excluding hydrogens is 310 g/mol. The van der Waals surface area contributed by atoms with Crippen LogP contribution in [-0.2, 0) is 4.79 Å². The van der Waals surface area contributed by atoms with Crippen molar-refractivity contribution in [3.63, 3.8) is 0 Å². The summed E-state index contributed by atoms with van der Waals surface area (Å²) in [7, 11) is 3.83. The van der Waals surface area contributed by atoms with Gasteiger partial charge in [-0.15, -0.1) is 5.10 Å². The standard InChI is InChI=1S/C16H23N5OS/c1-11-6-5-7-13(10-11)14(21(3)4)15(22)17-8-9-23-16-18-12(2)19-20-16/h5-7,10,14H,8-9H2,1-4H3,(H,17,22)(H,18,19,20)/t14-/m1/s1. The zero-order valence-electron chi connectivity index (χ0n) is 14.0. The molecule has 1 aromatic carbocycles. The second-order valence-corrected chi connectivity index (χ2v) is 6.69. The van der Waals surface area contributed by atoms with Crippen molar-refractivity contribution in [2.45, 2.75) is 25.0 Å². The van der Waals surface area contributed by atoms with E-state index in [4.69, 9.17) is 0 Å². The molecule has 2 rings (SSSR count). The van der Waals surface area contributed by atoms with Crippen LogP contribution < -0.4 is 5.32 Å². The molecule has 0 saturated carbocycles. The van der Waals surface area contributed by atoms with E-state index < -0.39 is 0 Å². The van der Waals surface area contributed by atoms with E-state index in [1.54, 1.807) is 0 Å². The van der Waals surface area contributed by atoms with Crippen LogP contribution in [-0.4, -0.2) is 52.4 Å². The Labute approximate surface area is 141 Å². The highest BCUT2D eigenvalue weighted by atomic mass is 32.2. The van der Waals surface area contributed by atoms with Gasteiger partial charge in [-0.1, -0.05) is 41.6 Å². The second kappa shape index (κ2) is 8.12. The lowest BCUT2D eigenvalue weighted by atomic mass is 10.0. The fourth-order valence-corrected chi connectivity index (χ4v) is 3.02. The molecule has 7 heteroatoms. The molecule has 0 aliphatic carbocycles. The minimum Gasteiger partial charge on any atom is -0.354 e. The van der Waals surface area contributed by atoms with E-state index in [-0.39, 0.29) is 11.9 Å². The lowest BCUT2D eigenvalue weighted by molar-refractivity contribution is -0.125. The summed E-state index contributed by atoms with van der Waals surface area (Å²) in [5, 5.41) is 10.6. The van der Waals surface area contributed by atoms with Gasteiger partial charge < -0.3 is 5.32 Å². The Morgan fingerprint density at radius 1 is 1.39 bits per heavy atom. The molecule has 124 valence electrons. The second-order valence-electron chi connectivity index (χ2n) is 5.62. The van der Waals surface area contributed by atoms with Gasteiger partial charge in [0.1, 0.15) is 11.9 Å². The van der Waals surface area contributed by atoms with E-state index >= 15 is 0 Å². The molecule has 0 aliphatic rings. The van der Waals surface area contributed by atoms with Gasteiger partial charge in [0.15, 0.2) is 0 Å². The Morgan fingerprint density at radius 3 is 2.78 bits per heavy atom. The maximum Gasteiger partial charge on any atom is 0.241 e. The van der Waals surface area contributed by atoms with Gasteiger partial charge in [0.2, 0.25) is 11.1 Å². The van der Waals surface area contributed by atoms with E-state index in [1.807, 2.05) is 51.0 Å². The molecule has 23 heavy (non-hydrogen) atoms. The van der Waals surface area contributed by atoms with Gasteiger partial charge >= 0.3 is 0 Å². The van der Waals surface area contributed by atoms with Gasteiger partial charge in [-0.2, -0.15) is 0 Å². The summed E-state index contributed by atoms with van der Waals surface area (Å²) < 4.78 is 0. The first-order chi connectivity index (χ1) is 11.0.